The maximum Gasteiger partial charge on any atom is 0.0491 e. The first kappa shape index (κ1) is 13.8. The first-order chi connectivity index (χ1) is 9.28. The number of fused-ring (bicyclic) bond motifs is 2. The molecule has 3 heterocycles. The lowest BCUT2D eigenvalue weighted by Crippen LogP contribution is -2.63. The normalized spacial score (nSPS) is 40.7. The summed E-state index contributed by atoms with van der Waals surface area (Å²) in [5.74, 6) is 1.57. The van der Waals surface area contributed by atoms with E-state index in [1.165, 1.54) is 58.4 Å². The molecule has 3 saturated heterocycles. The summed E-state index contributed by atoms with van der Waals surface area (Å²) in [6, 6.07) is 0. The fourth-order valence-corrected chi connectivity index (χ4v) is 4.62. The third-order valence-electron chi connectivity index (χ3n) is 5.89. The van der Waals surface area contributed by atoms with Crippen molar-refractivity contribution >= 4 is 0 Å². The largest absolute Gasteiger partial charge is 0.384 e. The zero-order chi connectivity index (χ0) is 13.3. The molecule has 2 N–H and O–H groups in total. The van der Waals surface area contributed by atoms with Crippen molar-refractivity contribution < 1.29 is 4.74 Å². The summed E-state index contributed by atoms with van der Waals surface area (Å²) in [7, 11) is 1.82. The summed E-state index contributed by atoms with van der Waals surface area (Å²) in [6.07, 6.45) is 5.20. The van der Waals surface area contributed by atoms with Crippen molar-refractivity contribution in [1.29, 1.82) is 0 Å². The minimum atomic E-state index is 0.311. The molecule has 0 amide bonds. The van der Waals surface area contributed by atoms with Crippen LogP contribution in [0, 0.1) is 11.8 Å². The van der Waals surface area contributed by atoms with Gasteiger partial charge in [-0.05, 0) is 63.7 Å². The molecule has 3 atom stereocenters. The molecule has 0 spiro atoms. The Labute approximate surface area is 117 Å². The molecule has 0 aromatic heterocycles. The molecular formula is C15H29N3O. The minimum Gasteiger partial charge on any atom is -0.384 e. The number of rotatable bonds is 4. The summed E-state index contributed by atoms with van der Waals surface area (Å²) in [6.45, 7) is 8.07. The van der Waals surface area contributed by atoms with Crippen LogP contribution in [-0.2, 0) is 4.74 Å². The first-order valence-electron chi connectivity index (χ1n) is 7.95. The van der Waals surface area contributed by atoms with Crippen molar-refractivity contribution in [3.8, 4) is 0 Å². The van der Waals surface area contributed by atoms with Crippen molar-refractivity contribution in [1.82, 2.24) is 9.80 Å². The SMILES string of the molecule is COCC1CCN(C2(CN)CCN3CCC2C3)CC1. The number of nitrogens with two attached hydrogens (primary N) is 1. The first-order valence-corrected chi connectivity index (χ1v) is 7.95. The molecule has 3 rings (SSSR count). The molecule has 110 valence electrons. The van der Waals surface area contributed by atoms with Gasteiger partial charge in [0.05, 0.1) is 0 Å². The van der Waals surface area contributed by atoms with Crippen LogP contribution in [0.3, 0.4) is 0 Å². The summed E-state index contributed by atoms with van der Waals surface area (Å²) in [4.78, 5) is 5.36. The quantitative estimate of drug-likeness (QED) is 0.817. The maximum atomic E-state index is 6.26. The van der Waals surface area contributed by atoms with Gasteiger partial charge in [0.1, 0.15) is 0 Å². The van der Waals surface area contributed by atoms with Crippen molar-refractivity contribution in [2.75, 3.05) is 53.0 Å². The summed E-state index contributed by atoms with van der Waals surface area (Å²) >= 11 is 0. The average Bonchev–Trinajstić information content (AvgIpc) is 2.85. The molecule has 3 aliphatic heterocycles. The van der Waals surface area contributed by atoms with Crippen LogP contribution < -0.4 is 5.73 Å². The second-order valence-electron chi connectivity index (χ2n) is 6.73. The fraction of sp³-hybridized carbons (Fsp3) is 1.00. The lowest BCUT2D eigenvalue weighted by Gasteiger charge is -2.52. The second kappa shape index (κ2) is 5.68. The van der Waals surface area contributed by atoms with E-state index in [0.29, 0.717) is 5.54 Å². The van der Waals surface area contributed by atoms with Gasteiger partial charge in [0.25, 0.3) is 0 Å². The molecule has 4 nitrogen and oxygen atoms in total. The Morgan fingerprint density at radius 1 is 1.16 bits per heavy atom. The third kappa shape index (κ3) is 2.44. The van der Waals surface area contributed by atoms with Crippen LogP contribution in [0.2, 0.25) is 0 Å². The Bertz CT molecular complexity index is 304. The monoisotopic (exact) mass is 267 g/mol. The van der Waals surface area contributed by atoms with Gasteiger partial charge in [-0.1, -0.05) is 0 Å². The molecular weight excluding hydrogens is 238 g/mol. The Morgan fingerprint density at radius 2 is 1.95 bits per heavy atom. The van der Waals surface area contributed by atoms with Gasteiger partial charge in [-0.2, -0.15) is 0 Å². The Hall–Kier alpha value is -0.160. The van der Waals surface area contributed by atoms with E-state index in [1.54, 1.807) is 0 Å². The van der Waals surface area contributed by atoms with Crippen LogP contribution in [0.1, 0.15) is 25.7 Å². The van der Waals surface area contributed by atoms with E-state index >= 15 is 0 Å². The van der Waals surface area contributed by atoms with Gasteiger partial charge in [-0.3, -0.25) is 4.90 Å². The molecule has 0 saturated carbocycles. The van der Waals surface area contributed by atoms with Gasteiger partial charge in [-0.25, -0.2) is 0 Å². The number of nitrogens with zero attached hydrogens (tertiary/aromatic N) is 2. The maximum absolute atomic E-state index is 6.26. The van der Waals surface area contributed by atoms with E-state index in [0.717, 1.165) is 25.0 Å². The molecule has 0 radical (unpaired) electrons. The highest BCUT2D eigenvalue weighted by Crippen LogP contribution is 2.40. The van der Waals surface area contributed by atoms with E-state index in [-0.39, 0.29) is 0 Å². The van der Waals surface area contributed by atoms with Gasteiger partial charge in [0, 0.05) is 32.3 Å². The molecule has 19 heavy (non-hydrogen) atoms. The van der Waals surface area contributed by atoms with Gasteiger partial charge in [0.2, 0.25) is 0 Å². The highest BCUT2D eigenvalue weighted by molar-refractivity contribution is 5.05. The predicted molar refractivity (Wildman–Crippen MR) is 77.1 cm³/mol. The number of hydrogen-bond acceptors (Lipinski definition) is 4. The van der Waals surface area contributed by atoms with Gasteiger partial charge in [0.15, 0.2) is 0 Å². The lowest BCUT2D eigenvalue weighted by molar-refractivity contribution is -0.0214. The molecule has 3 fully saturated rings. The molecule has 4 heteroatoms. The molecule has 3 aliphatic rings. The third-order valence-corrected chi connectivity index (χ3v) is 5.89. The van der Waals surface area contributed by atoms with Crippen molar-refractivity contribution in [3.05, 3.63) is 0 Å². The molecule has 0 aliphatic carbocycles. The fourth-order valence-electron chi connectivity index (χ4n) is 4.62. The highest BCUT2D eigenvalue weighted by Gasteiger charge is 2.49. The number of methoxy groups -OCH3 is 1. The number of likely N-dealkylation sites (tertiary alicyclic amines) is 1. The van der Waals surface area contributed by atoms with Crippen molar-refractivity contribution in [3.63, 3.8) is 0 Å². The zero-order valence-corrected chi connectivity index (χ0v) is 12.3. The topological polar surface area (TPSA) is 41.7 Å². The van der Waals surface area contributed by atoms with Crippen LogP contribution in [0.5, 0.6) is 0 Å². The number of hydrogen-bond donors (Lipinski definition) is 1. The van der Waals surface area contributed by atoms with Crippen LogP contribution >= 0.6 is 0 Å². The average molecular weight is 267 g/mol. The van der Waals surface area contributed by atoms with Gasteiger partial charge in [-0.15, -0.1) is 0 Å². The van der Waals surface area contributed by atoms with E-state index in [2.05, 4.69) is 9.80 Å². The summed E-state index contributed by atoms with van der Waals surface area (Å²) < 4.78 is 5.31. The van der Waals surface area contributed by atoms with Gasteiger partial charge < -0.3 is 15.4 Å². The van der Waals surface area contributed by atoms with Crippen molar-refractivity contribution in [2.45, 2.75) is 31.2 Å². The minimum absolute atomic E-state index is 0.311. The van der Waals surface area contributed by atoms with E-state index in [4.69, 9.17) is 10.5 Å². The van der Waals surface area contributed by atoms with E-state index < -0.39 is 0 Å². The van der Waals surface area contributed by atoms with E-state index in [9.17, 15) is 0 Å². The predicted octanol–water partition coefficient (Wildman–Crippen LogP) is 0.768. The van der Waals surface area contributed by atoms with Crippen LogP contribution in [0.15, 0.2) is 0 Å². The second-order valence-corrected chi connectivity index (χ2v) is 6.73. The Morgan fingerprint density at radius 3 is 2.63 bits per heavy atom. The zero-order valence-electron chi connectivity index (χ0n) is 12.3. The van der Waals surface area contributed by atoms with Gasteiger partial charge >= 0.3 is 0 Å². The number of ether oxygens (including phenoxy) is 1. The standard InChI is InChI=1S/C15H29N3O/c1-19-11-13-2-7-18(8-3-13)15(12-16)5-9-17-6-4-14(15)10-17/h13-14H,2-12,16H2,1H3. The number of piperidine rings is 2. The van der Waals surface area contributed by atoms with Crippen LogP contribution in [0.25, 0.3) is 0 Å². The highest BCUT2D eigenvalue weighted by atomic mass is 16.5. The van der Waals surface area contributed by atoms with Crippen LogP contribution in [-0.4, -0.2) is 68.3 Å². The molecule has 3 unspecified atom stereocenters. The van der Waals surface area contributed by atoms with E-state index in [1.807, 2.05) is 7.11 Å². The summed E-state index contributed by atoms with van der Waals surface area (Å²) in [5, 5.41) is 0. The smallest absolute Gasteiger partial charge is 0.0491 e. The van der Waals surface area contributed by atoms with Crippen molar-refractivity contribution in [2.24, 2.45) is 17.6 Å². The Balaban J connectivity index is 1.66. The van der Waals surface area contributed by atoms with Crippen LogP contribution in [0.4, 0.5) is 0 Å². The Kier molecular flexibility index (Phi) is 4.13. The summed E-state index contributed by atoms with van der Waals surface area (Å²) in [5.41, 5.74) is 6.57. The molecule has 0 aromatic carbocycles. The molecule has 2 bridgehead atoms. The lowest BCUT2D eigenvalue weighted by atomic mass is 9.76. The molecule has 0 aromatic rings.